The number of esters is 1. The first kappa shape index (κ1) is 21.6. The van der Waals surface area contributed by atoms with E-state index in [2.05, 4.69) is 24.3 Å². The number of aliphatic carboxylic acids is 1. The van der Waals surface area contributed by atoms with E-state index in [1.54, 1.807) is 0 Å². The van der Waals surface area contributed by atoms with E-state index in [0.29, 0.717) is 19.3 Å². The Morgan fingerprint density at radius 2 is 1.57 bits per heavy atom. The minimum absolute atomic E-state index is 0.0435. The van der Waals surface area contributed by atoms with Gasteiger partial charge in [-0.05, 0) is 46.2 Å². The third-order valence-corrected chi connectivity index (χ3v) is 7.59. The smallest absolute Gasteiger partial charge is 0.327 e. The lowest BCUT2D eigenvalue weighted by Gasteiger charge is -2.25. The molecule has 6 heteroatoms. The number of rotatable bonds is 5. The molecule has 6 rings (SSSR count). The Balaban J connectivity index is 1.19. The quantitative estimate of drug-likeness (QED) is 0.565. The van der Waals surface area contributed by atoms with Gasteiger partial charge in [0.1, 0.15) is 12.6 Å². The number of carbonyl (C=O) groups is 3. The van der Waals surface area contributed by atoms with Crippen molar-refractivity contribution in [2.75, 3.05) is 11.5 Å². The van der Waals surface area contributed by atoms with Crippen LogP contribution in [0.1, 0.15) is 41.0 Å². The van der Waals surface area contributed by atoms with Crippen LogP contribution >= 0.6 is 0 Å². The van der Waals surface area contributed by atoms with Crippen molar-refractivity contribution >= 4 is 23.5 Å². The molecule has 2 aliphatic heterocycles. The van der Waals surface area contributed by atoms with Crippen LogP contribution in [0.25, 0.3) is 11.1 Å². The first-order valence-corrected chi connectivity index (χ1v) is 12.0. The van der Waals surface area contributed by atoms with Crippen LogP contribution in [-0.4, -0.2) is 35.6 Å². The number of fused-ring (bicyclic) bond motifs is 3. The molecule has 35 heavy (non-hydrogen) atoms. The molecule has 0 fully saturated rings. The fraction of sp³-hybridized carbons (Fsp3) is 0.276. The fourth-order valence-electron chi connectivity index (χ4n) is 5.95. The Morgan fingerprint density at radius 1 is 0.914 bits per heavy atom. The highest BCUT2D eigenvalue weighted by molar-refractivity contribution is 6.05. The van der Waals surface area contributed by atoms with Crippen molar-refractivity contribution in [3.05, 3.63) is 89.0 Å². The SMILES string of the molecule is O=C(C[C@H]1CCc2cccc3c2N(C1=O)[C@H](C(=O)O)C3)OCC1c2ccccc2-c2ccccc21. The van der Waals surface area contributed by atoms with Crippen LogP contribution in [0, 0.1) is 5.92 Å². The van der Waals surface area contributed by atoms with E-state index in [1.807, 2.05) is 42.5 Å². The molecule has 0 radical (unpaired) electrons. The van der Waals surface area contributed by atoms with Gasteiger partial charge in [0, 0.05) is 18.3 Å². The minimum Gasteiger partial charge on any atom is -0.480 e. The fourth-order valence-corrected chi connectivity index (χ4v) is 5.95. The van der Waals surface area contributed by atoms with Crippen molar-refractivity contribution < 1.29 is 24.2 Å². The minimum atomic E-state index is -1.03. The Hall–Kier alpha value is -3.93. The molecule has 6 nitrogen and oxygen atoms in total. The predicted molar refractivity (Wildman–Crippen MR) is 130 cm³/mol. The van der Waals surface area contributed by atoms with Gasteiger partial charge >= 0.3 is 11.9 Å². The molecular formula is C29H25NO5. The number of carboxylic acid groups (broad SMARTS) is 1. The van der Waals surface area contributed by atoms with Gasteiger partial charge in [0.15, 0.2) is 0 Å². The highest BCUT2D eigenvalue weighted by atomic mass is 16.5. The molecule has 0 saturated carbocycles. The number of aryl methyl sites for hydroxylation is 1. The van der Waals surface area contributed by atoms with Gasteiger partial charge in [-0.1, -0.05) is 66.7 Å². The number of nitrogens with zero attached hydrogens (tertiary/aromatic N) is 1. The molecule has 0 spiro atoms. The molecule has 0 saturated heterocycles. The summed E-state index contributed by atoms with van der Waals surface area (Å²) in [6.45, 7) is 0.208. The average Bonchev–Trinajstić information content (AvgIpc) is 3.37. The van der Waals surface area contributed by atoms with Crippen molar-refractivity contribution in [1.29, 1.82) is 0 Å². The van der Waals surface area contributed by atoms with Gasteiger partial charge in [-0.15, -0.1) is 0 Å². The summed E-state index contributed by atoms with van der Waals surface area (Å²) in [5.41, 5.74) is 7.16. The second-order valence-electron chi connectivity index (χ2n) is 9.54. The number of amides is 1. The van der Waals surface area contributed by atoms with Gasteiger partial charge in [0.25, 0.3) is 0 Å². The zero-order chi connectivity index (χ0) is 24.1. The molecule has 0 bridgehead atoms. The lowest BCUT2D eigenvalue weighted by atomic mass is 9.95. The Bertz CT molecular complexity index is 1320. The maximum absolute atomic E-state index is 13.5. The summed E-state index contributed by atoms with van der Waals surface area (Å²) in [5.74, 6) is -2.40. The number of anilines is 1. The zero-order valence-corrected chi connectivity index (χ0v) is 19.1. The maximum atomic E-state index is 13.5. The first-order valence-electron chi connectivity index (χ1n) is 12.0. The summed E-state index contributed by atoms with van der Waals surface area (Å²) >= 11 is 0. The summed E-state index contributed by atoms with van der Waals surface area (Å²) in [6.07, 6.45) is 1.35. The molecule has 2 atom stereocenters. The van der Waals surface area contributed by atoms with E-state index >= 15 is 0 Å². The monoisotopic (exact) mass is 467 g/mol. The van der Waals surface area contributed by atoms with Crippen LogP contribution in [0.15, 0.2) is 66.7 Å². The molecule has 1 N–H and O–H groups in total. The molecule has 3 aromatic rings. The highest BCUT2D eigenvalue weighted by Crippen LogP contribution is 2.45. The maximum Gasteiger partial charge on any atom is 0.327 e. The largest absolute Gasteiger partial charge is 0.480 e. The van der Waals surface area contributed by atoms with Crippen LogP contribution in [0.3, 0.4) is 0 Å². The van der Waals surface area contributed by atoms with Gasteiger partial charge in [-0.25, -0.2) is 4.79 Å². The summed E-state index contributed by atoms with van der Waals surface area (Å²) in [6, 6.07) is 21.1. The molecule has 0 aromatic heterocycles. The van der Waals surface area contributed by atoms with E-state index in [9.17, 15) is 19.5 Å². The lowest BCUT2D eigenvalue weighted by molar-refractivity contribution is -0.147. The van der Waals surface area contributed by atoms with Crippen LogP contribution in [0.2, 0.25) is 0 Å². The normalized spacial score (nSPS) is 20.1. The number of hydrogen-bond acceptors (Lipinski definition) is 4. The van der Waals surface area contributed by atoms with Gasteiger partial charge < -0.3 is 9.84 Å². The van der Waals surface area contributed by atoms with Crippen LogP contribution < -0.4 is 4.90 Å². The van der Waals surface area contributed by atoms with Crippen molar-refractivity contribution in [2.24, 2.45) is 5.92 Å². The van der Waals surface area contributed by atoms with Crippen molar-refractivity contribution in [3.63, 3.8) is 0 Å². The molecular weight excluding hydrogens is 442 g/mol. The number of para-hydroxylation sites is 1. The summed E-state index contributed by atoms with van der Waals surface area (Å²) in [7, 11) is 0. The van der Waals surface area contributed by atoms with Gasteiger partial charge in [0.05, 0.1) is 12.1 Å². The van der Waals surface area contributed by atoms with Crippen molar-refractivity contribution in [3.8, 4) is 11.1 Å². The number of carbonyl (C=O) groups excluding carboxylic acids is 2. The number of ether oxygens (including phenoxy) is 1. The van der Waals surface area contributed by atoms with Crippen LogP contribution in [0.4, 0.5) is 5.69 Å². The van der Waals surface area contributed by atoms with Crippen molar-refractivity contribution in [2.45, 2.75) is 37.6 Å². The lowest BCUT2D eigenvalue weighted by Crippen LogP contribution is -2.45. The van der Waals surface area contributed by atoms with E-state index in [1.165, 1.54) is 4.90 Å². The van der Waals surface area contributed by atoms with E-state index in [-0.39, 0.29) is 24.9 Å². The van der Waals surface area contributed by atoms with E-state index < -0.39 is 23.9 Å². The third kappa shape index (κ3) is 3.52. The number of benzene rings is 3. The standard InChI is InChI=1S/C29H25NO5/c31-26(35-16-24-22-10-3-1-8-20(22)21-9-2-4-11-23(21)24)15-19-13-12-17-6-5-7-18-14-25(29(33)34)30(27(17)18)28(19)32/h1-11,19,24-25H,12-16H2,(H,33,34)/t19-,25+/m1/s1. The van der Waals surface area contributed by atoms with Crippen LogP contribution in [0.5, 0.6) is 0 Å². The molecule has 1 aliphatic carbocycles. The molecule has 1 amide bonds. The number of carboxylic acids is 1. The average molecular weight is 468 g/mol. The van der Waals surface area contributed by atoms with Crippen LogP contribution in [-0.2, 0) is 32.0 Å². The van der Waals surface area contributed by atoms with E-state index in [0.717, 1.165) is 39.1 Å². The summed E-state index contributed by atoms with van der Waals surface area (Å²) in [5, 5.41) is 9.76. The topological polar surface area (TPSA) is 83.9 Å². The molecule has 3 aliphatic rings. The third-order valence-electron chi connectivity index (χ3n) is 7.59. The highest BCUT2D eigenvalue weighted by Gasteiger charge is 2.44. The molecule has 3 aromatic carbocycles. The second-order valence-corrected chi connectivity index (χ2v) is 9.54. The predicted octanol–water partition coefficient (Wildman–Crippen LogP) is 4.34. The van der Waals surface area contributed by atoms with Gasteiger partial charge in [-0.2, -0.15) is 0 Å². The van der Waals surface area contributed by atoms with E-state index in [4.69, 9.17) is 4.74 Å². The number of hydrogen-bond donors (Lipinski definition) is 1. The Kier molecular flexibility index (Phi) is 5.17. The molecule has 176 valence electrons. The van der Waals surface area contributed by atoms with Gasteiger partial charge in [-0.3, -0.25) is 14.5 Å². The summed E-state index contributed by atoms with van der Waals surface area (Å²) in [4.78, 5) is 39.7. The second kappa shape index (κ2) is 8.38. The molecule has 0 unspecified atom stereocenters. The zero-order valence-electron chi connectivity index (χ0n) is 19.1. The first-order chi connectivity index (χ1) is 17.0. The Labute approximate surface area is 203 Å². The molecule has 2 heterocycles. The van der Waals surface area contributed by atoms with Crippen molar-refractivity contribution in [1.82, 2.24) is 0 Å². The summed E-state index contributed by atoms with van der Waals surface area (Å²) < 4.78 is 5.74. The van der Waals surface area contributed by atoms with Gasteiger partial charge in [0.2, 0.25) is 5.91 Å². The Morgan fingerprint density at radius 3 is 2.26 bits per heavy atom.